The van der Waals surface area contributed by atoms with E-state index >= 15 is 4.39 Å². The third-order valence-electron chi connectivity index (χ3n) is 9.36. The Balaban J connectivity index is 0.863. The summed E-state index contributed by atoms with van der Waals surface area (Å²) >= 11 is 0. The SMILES string of the molecule is CC(C)(O)Cn1cc(-c2nc(Nc3ccc(S(=O)(=O)NCCOCc4cn(CCOCCOCCNc5cccc(C6CCC(=O)NC6=O)c5)nn4)cc3F)ncc2C(F)(F)F)cn1. The number of imide groups is 1. The molecular weight excluding hydrogens is 871 g/mol. The molecule has 5 aromatic rings. The quantitative estimate of drug-likeness (QED) is 0.0356. The lowest BCUT2D eigenvalue weighted by molar-refractivity contribution is -0.137. The molecule has 1 aliphatic heterocycles. The molecule has 0 spiro atoms. The molecule has 24 heteroatoms. The van der Waals surface area contributed by atoms with E-state index in [1.807, 2.05) is 24.3 Å². The van der Waals surface area contributed by atoms with E-state index in [4.69, 9.17) is 14.2 Å². The average Bonchev–Trinajstić information content (AvgIpc) is 3.89. The lowest BCUT2D eigenvalue weighted by Crippen LogP contribution is -2.39. The van der Waals surface area contributed by atoms with E-state index in [0.29, 0.717) is 64.2 Å². The zero-order chi connectivity index (χ0) is 45.9. The molecule has 344 valence electrons. The molecule has 19 nitrogen and oxygen atoms in total. The Hall–Kier alpha value is -5.92. The maximum absolute atomic E-state index is 15.1. The van der Waals surface area contributed by atoms with Gasteiger partial charge in [-0.3, -0.25) is 19.6 Å². The lowest BCUT2D eigenvalue weighted by Gasteiger charge is -2.21. The minimum Gasteiger partial charge on any atom is -0.389 e. The number of nitrogens with one attached hydrogen (secondary N) is 4. The number of ether oxygens (including phenoxy) is 3. The minimum absolute atomic E-state index is 0.00773. The standard InChI is InChI=1S/C40H47F4N11O8S/c1-39(2,58)25-55-22-27(20-47-55)36-32(40(42,43)44)21-46-38(51-36)49-34-8-6-30(19-33(34)41)64(59,60)48-11-14-63-24-29-23-54(53-52-29)12-15-62-17-16-61-13-10-45-28-5-3-4-26(18-28)31-7-9-35(56)50-37(31)57/h3-6,8,18-23,31,45,48,58H,7,9-17,24-25H2,1-2H3,(H,46,49,51)(H,50,56,57). The molecule has 64 heavy (non-hydrogen) atoms. The molecule has 6 rings (SSSR count). The number of benzene rings is 2. The Bertz CT molecular complexity index is 2500. The number of rotatable bonds is 23. The first-order valence-electron chi connectivity index (χ1n) is 20.0. The van der Waals surface area contributed by atoms with E-state index in [2.05, 4.69) is 46.1 Å². The maximum Gasteiger partial charge on any atom is 0.419 e. The van der Waals surface area contributed by atoms with Crippen LogP contribution < -0.4 is 20.7 Å². The summed E-state index contributed by atoms with van der Waals surface area (Å²) in [5, 5.41) is 30.2. The van der Waals surface area contributed by atoms with Crippen molar-refractivity contribution in [3.05, 3.63) is 89.9 Å². The molecule has 3 aromatic heterocycles. The molecule has 1 atom stereocenters. The van der Waals surface area contributed by atoms with E-state index in [1.54, 1.807) is 10.9 Å². The third-order valence-corrected chi connectivity index (χ3v) is 10.8. The molecule has 1 aliphatic rings. The Morgan fingerprint density at radius 3 is 2.48 bits per heavy atom. The number of halogens is 4. The predicted molar refractivity (Wildman–Crippen MR) is 221 cm³/mol. The molecule has 2 aromatic carbocycles. The van der Waals surface area contributed by atoms with Gasteiger partial charge in [-0.15, -0.1) is 5.10 Å². The molecule has 0 saturated carbocycles. The van der Waals surface area contributed by atoms with Gasteiger partial charge in [-0.1, -0.05) is 17.3 Å². The summed E-state index contributed by atoms with van der Waals surface area (Å²) in [6.45, 7) is 5.32. The Kier molecular flexibility index (Phi) is 15.7. The number of aromatic nitrogens is 7. The number of nitrogens with zero attached hydrogens (tertiary/aromatic N) is 7. The highest BCUT2D eigenvalue weighted by Gasteiger charge is 2.36. The highest BCUT2D eigenvalue weighted by molar-refractivity contribution is 7.89. The van der Waals surface area contributed by atoms with Crippen LogP contribution in [0.3, 0.4) is 0 Å². The molecule has 0 radical (unpaired) electrons. The summed E-state index contributed by atoms with van der Waals surface area (Å²) in [5.41, 5.74) is -1.03. The third kappa shape index (κ3) is 13.8. The number of aliphatic hydroxyl groups is 1. The second-order valence-electron chi connectivity index (χ2n) is 15.2. The van der Waals surface area contributed by atoms with Crippen molar-refractivity contribution in [3.63, 3.8) is 0 Å². The van der Waals surface area contributed by atoms with Crippen LogP contribution >= 0.6 is 0 Å². The van der Waals surface area contributed by atoms with E-state index in [-0.39, 0.29) is 55.3 Å². The first-order chi connectivity index (χ1) is 30.4. The summed E-state index contributed by atoms with van der Waals surface area (Å²) in [4.78, 5) is 30.9. The fraction of sp³-hybridized carbons (Fsp3) is 0.425. The maximum atomic E-state index is 15.1. The van der Waals surface area contributed by atoms with E-state index in [9.17, 15) is 36.3 Å². The molecule has 1 unspecified atom stereocenters. The average molecular weight is 918 g/mol. The van der Waals surface area contributed by atoms with Crippen molar-refractivity contribution < 1.29 is 54.9 Å². The summed E-state index contributed by atoms with van der Waals surface area (Å²) in [7, 11) is -4.19. The largest absolute Gasteiger partial charge is 0.419 e. The van der Waals surface area contributed by atoms with Gasteiger partial charge in [0.2, 0.25) is 27.8 Å². The van der Waals surface area contributed by atoms with Gasteiger partial charge in [0.15, 0.2) is 0 Å². The van der Waals surface area contributed by atoms with E-state index in [0.717, 1.165) is 35.6 Å². The van der Waals surface area contributed by atoms with Crippen LogP contribution in [-0.2, 0) is 59.7 Å². The van der Waals surface area contributed by atoms with Crippen LogP contribution in [0.15, 0.2) is 72.1 Å². The number of piperidine rings is 1. The number of carbonyl (C=O) groups excluding carboxylic acids is 2. The zero-order valence-electron chi connectivity index (χ0n) is 34.8. The van der Waals surface area contributed by atoms with Crippen molar-refractivity contribution in [1.29, 1.82) is 0 Å². The Morgan fingerprint density at radius 2 is 1.73 bits per heavy atom. The lowest BCUT2D eigenvalue weighted by atomic mass is 9.90. The molecule has 5 N–H and O–H groups in total. The van der Waals surface area contributed by atoms with Gasteiger partial charge in [-0.2, -0.15) is 18.3 Å². The minimum atomic E-state index is -4.83. The van der Waals surface area contributed by atoms with Crippen LogP contribution in [0.4, 0.5) is 34.9 Å². The van der Waals surface area contributed by atoms with E-state index < -0.39 is 49.7 Å². The Labute approximate surface area is 365 Å². The number of hydrogen-bond acceptors (Lipinski definition) is 15. The van der Waals surface area contributed by atoms with Gasteiger partial charge in [0.05, 0.1) is 92.9 Å². The monoisotopic (exact) mass is 917 g/mol. The first-order valence-corrected chi connectivity index (χ1v) is 21.5. The van der Waals surface area contributed by atoms with Gasteiger partial charge in [-0.05, 0) is 56.2 Å². The van der Waals surface area contributed by atoms with Gasteiger partial charge < -0.3 is 30.0 Å². The van der Waals surface area contributed by atoms with Crippen molar-refractivity contribution in [3.8, 4) is 11.3 Å². The molecule has 0 aliphatic carbocycles. The highest BCUT2D eigenvalue weighted by Crippen LogP contribution is 2.36. The number of sulfonamides is 1. The van der Waals surface area contributed by atoms with Gasteiger partial charge in [0.25, 0.3) is 0 Å². The zero-order valence-corrected chi connectivity index (χ0v) is 35.6. The number of hydrogen-bond donors (Lipinski definition) is 5. The molecule has 4 heterocycles. The molecule has 1 saturated heterocycles. The van der Waals surface area contributed by atoms with Crippen LogP contribution in [0.5, 0.6) is 0 Å². The summed E-state index contributed by atoms with van der Waals surface area (Å²) in [6, 6.07) is 10.4. The fourth-order valence-corrected chi connectivity index (χ4v) is 7.39. The topological polar surface area (TPSA) is 239 Å². The van der Waals surface area contributed by atoms with Crippen molar-refractivity contribution in [2.24, 2.45) is 0 Å². The molecule has 1 fully saturated rings. The van der Waals surface area contributed by atoms with Gasteiger partial charge in [0, 0.05) is 43.2 Å². The number of anilines is 3. The molecule has 0 bridgehead atoms. The highest BCUT2D eigenvalue weighted by atomic mass is 32.2. The smallest absolute Gasteiger partial charge is 0.389 e. The van der Waals surface area contributed by atoms with Crippen LogP contribution in [0, 0.1) is 5.82 Å². The number of alkyl halides is 3. The number of amides is 2. The van der Waals surface area contributed by atoms with Crippen LogP contribution in [0.25, 0.3) is 11.3 Å². The van der Waals surface area contributed by atoms with Gasteiger partial charge in [0.1, 0.15) is 17.1 Å². The first kappa shape index (κ1) is 47.6. The Morgan fingerprint density at radius 1 is 0.953 bits per heavy atom. The van der Waals surface area contributed by atoms with Crippen LogP contribution in [0.2, 0.25) is 0 Å². The van der Waals surface area contributed by atoms with Crippen molar-refractivity contribution in [1.82, 2.24) is 44.8 Å². The van der Waals surface area contributed by atoms with Crippen molar-refractivity contribution in [2.75, 3.05) is 56.8 Å². The van der Waals surface area contributed by atoms with Crippen LogP contribution in [-0.4, -0.2) is 112 Å². The van der Waals surface area contributed by atoms with Crippen molar-refractivity contribution >= 4 is 39.2 Å². The molecular formula is C40H47F4N11O8S. The van der Waals surface area contributed by atoms with Gasteiger partial charge in [-0.25, -0.2) is 32.2 Å². The fourth-order valence-electron chi connectivity index (χ4n) is 6.37. The number of carbonyl (C=O) groups is 2. The van der Waals surface area contributed by atoms with E-state index in [1.165, 1.54) is 24.7 Å². The summed E-state index contributed by atoms with van der Waals surface area (Å²) in [5.74, 6) is -2.31. The second kappa shape index (κ2) is 21.2. The summed E-state index contributed by atoms with van der Waals surface area (Å²) in [6.07, 6.45) is 0.596. The van der Waals surface area contributed by atoms with Crippen molar-refractivity contribution in [2.45, 2.75) is 69.0 Å². The summed E-state index contributed by atoms with van der Waals surface area (Å²) < 4.78 is 104. The predicted octanol–water partition coefficient (Wildman–Crippen LogP) is 3.76. The van der Waals surface area contributed by atoms with Gasteiger partial charge >= 0.3 is 6.18 Å². The van der Waals surface area contributed by atoms with Crippen LogP contribution in [0.1, 0.15) is 49.4 Å². The normalized spacial score (nSPS) is 14.8. The second-order valence-corrected chi connectivity index (χ2v) is 16.9. The molecule has 2 amide bonds.